The lowest BCUT2D eigenvalue weighted by Crippen LogP contribution is -2.28. The van der Waals surface area contributed by atoms with Crippen molar-refractivity contribution >= 4 is 5.91 Å². The third-order valence-electron chi connectivity index (χ3n) is 3.26. The van der Waals surface area contributed by atoms with E-state index in [0.717, 1.165) is 5.69 Å². The number of rotatable bonds is 6. The van der Waals surface area contributed by atoms with Crippen molar-refractivity contribution in [2.45, 2.75) is 32.4 Å². The summed E-state index contributed by atoms with van der Waals surface area (Å²) in [4.78, 5) is 12.0. The van der Waals surface area contributed by atoms with Gasteiger partial charge in [-0.05, 0) is 23.6 Å². The number of hydrogen-bond acceptors (Lipinski definition) is 5. The van der Waals surface area contributed by atoms with Crippen molar-refractivity contribution in [2.75, 3.05) is 7.11 Å². The number of benzene rings is 1. The number of ether oxygens (including phenoxy) is 1. The molecule has 0 spiro atoms. The largest absolute Gasteiger partial charge is 0.497 e. The lowest BCUT2D eigenvalue weighted by atomic mass is 10.1. The van der Waals surface area contributed by atoms with Crippen molar-refractivity contribution < 1.29 is 19.2 Å². The highest BCUT2D eigenvalue weighted by Crippen LogP contribution is 2.19. The van der Waals surface area contributed by atoms with Gasteiger partial charge in [-0.1, -0.05) is 31.1 Å². The molecule has 22 heavy (non-hydrogen) atoms. The molecule has 1 aromatic carbocycles. The van der Waals surface area contributed by atoms with Crippen molar-refractivity contribution in [3.63, 3.8) is 0 Å². The number of nitrogens with one attached hydrogen (secondary N) is 1. The standard InChI is InChI=1S/C16H20N2O4/c1-10(2)14-8-13(22-18-14)9-17-16(20)15(19)11-5-4-6-12(7-11)21-3/h4-8,10,15,19H,9H2,1-3H3,(H,17,20). The highest BCUT2D eigenvalue weighted by atomic mass is 16.5. The molecule has 2 aromatic rings. The van der Waals surface area contributed by atoms with Gasteiger partial charge in [0.15, 0.2) is 11.9 Å². The third-order valence-corrected chi connectivity index (χ3v) is 3.26. The van der Waals surface area contributed by atoms with Gasteiger partial charge in [0, 0.05) is 6.07 Å². The van der Waals surface area contributed by atoms with Crippen LogP contribution in [0.4, 0.5) is 0 Å². The molecule has 1 atom stereocenters. The van der Waals surface area contributed by atoms with Crippen LogP contribution in [0, 0.1) is 0 Å². The quantitative estimate of drug-likeness (QED) is 0.854. The Labute approximate surface area is 129 Å². The third kappa shape index (κ3) is 3.85. The van der Waals surface area contributed by atoms with E-state index in [4.69, 9.17) is 9.26 Å². The van der Waals surface area contributed by atoms with Gasteiger partial charge < -0.3 is 19.7 Å². The average Bonchev–Trinajstić information content (AvgIpc) is 3.01. The van der Waals surface area contributed by atoms with Gasteiger partial charge >= 0.3 is 0 Å². The van der Waals surface area contributed by atoms with Gasteiger partial charge in [0.1, 0.15) is 5.75 Å². The first-order valence-electron chi connectivity index (χ1n) is 7.06. The van der Waals surface area contributed by atoms with Crippen LogP contribution in [-0.2, 0) is 11.3 Å². The Morgan fingerprint density at radius 3 is 2.82 bits per heavy atom. The minimum Gasteiger partial charge on any atom is -0.497 e. The fourth-order valence-electron chi connectivity index (χ4n) is 1.92. The van der Waals surface area contributed by atoms with Crippen LogP contribution in [0.15, 0.2) is 34.9 Å². The van der Waals surface area contributed by atoms with E-state index >= 15 is 0 Å². The SMILES string of the molecule is COc1cccc(C(O)C(=O)NCc2cc(C(C)C)no2)c1. The van der Waals surface area contributed by atoms with Crippen LogP contribution in [0.2, 0.25) is 0 Å². The molecule has 0 bridgehead atoms. The number of hydrogen-bond donors (Lipinski definition) is 2. The number of aliphatic hydroxyl groups is 1. The Morgan fingerprint density at radius 2 is 2.18 bits per heavy atom. The van der Waals surface area contributed by atoms with Crippen molar-refractivity contribution in [2.24, 2.45) is 0 Å². The lowest BCUT2D eigenvalue weighted by Gasteiger charge is -2.11. The van der Waals surface area contributed by atoms with E-state index in [1.54, 1.807) is 30.3 Å². The summed E-state index contributed by atoms with van der Waals surface area (Å²) in [5.41, 5.74) is 1.30. The summed E-state index contributed by atoms with van der Waals surface area (Å²) in [5.74, 6) is 0.891. The zero-order chi connectivity index (χ0) is 16.1. The van der Waals surface area contributed by atoms with Crippen LogP contribution in [-0.4, -0.2) is 23.3 Å². The Morgan fingerprint density at radius 1 is 1.41 bits per heavy atom. The first kappa shape index (κ1) is 16.0. The summed E-state index contributed by atoms with van der Waals surface area (Å²) >= 11 is 0. The molecule has 0 saturated carbocycles. The monoisotopic (exact) mass is 304 g/mol. The minimum atomic E-state index is -1.26. The summed E-state index contributed by atoms with van der Waals surface area (Å²) in [7, 11) is 1.53. The van der Waals surface area contributed by atoms with E-state index in [9.17, 15) is 9.90 Å². The molecule has 0 fully saturated rings. The molecule has 6 nitrogen and oxygen atoms in total. The average molecular weight is 304 g/mol. The second-order valence-electron chi connectivity index (χ2n) is 5.27. The molecule has 118 valence electrons. The summed E-state index contributed by atoms with van der Waals surface area (Å²) in [5, 5.41) is 16.6. The van der Waals surface area contributed by atoms with Crippen LogP contribution in [0.3, 0.4) is 0 Å². The number of carbonyl (C=O) groups is 1. The predicted molar refractivity (Wildman–Crippen MR) is 80.4 cm³/mol. The Kier molecular flexibility index (Phi) is 5.16. The van der Waals surface area contributed by atoms with Crippen molar-refractivity contribution in [3.05, 3.63) is 47.3 Å². The number of methoxy groups -OCH3 is 1. The predicted octanol–water partition coefficient (Wildman–Crippen LogP) is 2.16. The Balaban J connectivity index is 1.95. The Bertz CT molecular complexity index is 637. The highest BCUT2D eigenvalue weighted by Gasteiger charge is 2.18. The maximum absolute atomic E-state index is 12.0. The smallest absolute Gasteiger partial charge is 0.253 e. The fourth-order valence-corrected chi connectivity index (χ4v) is 1.92. The molecule has 0 aliphatic carbocycles. The second-order valence-corrected chi connectivity index (χ2v) is 5.27. The number of carbonyl (C=O) groups excluding carboxylic acids is 1. The molecular formula is C16H20N2O4. The zero-order valence-electron chi connectivity index (χ0n) is 12.9. The van der Waals surface area contributed by atoms with Gasteiger partial charge in [0.2, 0.25) is 0 Å². The normalized spacial score (nSPS) is 12.2. The number of aliphatic hydroxyl groups excluding tert-OH is 1. The van der Waals surface area contributed by atoms with Gasteiger partial charge in [0.25, 0.3) is 5.91 Å². The van der Waals surface area contributed by atoms with E-state index in [-0.39, 0.29) is 12.5 Å². The zero-order valence-corrected chi connectivity index (χ0v) is 12.9. The number of amides is 1. The summed E-state index contributed by atoms with van der Waals surface area (Å²) in [6.45, 7) is 4.19. The summed E-state index contributed by atoms with van der Waals surface area (Å²) in [6.07, 6.45) is -1.26. The van der Waals surface area contributed by atoms with Crippen molar-refractivity contribution in [1.82, 2.24) is 10.5 Å². The van der Waals surface area contributed by atoms with Gasteiger partial charge in [-0.15, -0.1) is 0 Å². The summed E-state index contributed by atoms with van der Waals surface area (Å²) < 4.78 is 10.2. The Hall–Kier alpha value is -2.34. The van der Waals surface area contributed by atoms with Crippen LogP contribution < -0.4 is 10.1 Å². The van der Waals surface area contributed by atoms with Crippen LogP contribution in [0.25, 0.3) is 0 Å². The molecule has 0 aliphatic heterocycles. The molecule has 0 saturated heterocycles. The van der Waals surface area contributed by atoms with E-state index in [2.05, 4.69) is 10.5 Å². The molecule has 1 heterocycles. The first-order chi connectivity index (χ1) is 10.5. The number of aromatic nitrogens is 1. The topological polar surface area (TPSA) is 84.6 Å². The van der Waals surface area contributed by atoms with Crippen LogP contribution >= 0.6 is 0 Å². The highest BCUT2D eigenvalue weighted by molar-refractivity contribution is 5.81. The molecule has 1 amide bonds. The van der Waals surface area contributed by atoms with E-state index in [1.165, 1.54) is 7.11 Å². The van der Waals surface area contributed by atoms with E-state index < -0.39 is 12.0 Å². The fraction of sp³-hybridized carbons (Fsp3) is 0.375. The molecule has 2 rings (SSSR count). The molecule has 6 heteroatoms. The molecule has 2 N–H and O–H groups in total. The van der Waals surface area contributed by atoms with Crippen molar-refractivity contribution in [1.29, 1.82) is 0 Å². The van der Waals surface area contributed by atoms with Gasteiger partial charge in [0.05, 0.1) is 19.3 Å². The van der Waals surface area contributed by atoms with E-state index in [0.29, 0.717) is 17.1 Å². The van der Waals surface area contributed by atoms with Crippen molar-refractivity contribution in [3.8, 4) is 5.75 Å². The van der Waals surface area contributed by atoms with Crippen LogP contribution in [0.1, 0.15) is 42.9 Å². The summed E-state index contributed by atoms with van der Waals surface area (Å²) in [6, 6.07) is 8.54. The van der Waals surface area contributed by atoms with Crippen LogP contribution in [0.5, 0.6) is 5.75 Å². The molecule has 0 aliphatic rings. The molecule has 0 radical (unpaired) electrons. The van der Waals surface area contributed by atoms with Gasteiger partial charge in [-0.2, -0.15) is 0 Å². The first-order valence-corrected chi connectivity index (χ1v) is 7.06. The van der Waals surface area contributed by atoms with E-state index in [1.807, 2.05) is 13.8 Å². The maximum atomic E-state index is 12.0. The van der Waals surface area contributed by atoms with Gasteiger partial charge in [-0.25, -0.2) is 0 Å². The number of nitrogens with zero attached hydrogens (tertiary/aromatic N) is 1. The second kappa shape index (κ2) is 7.09. The molecule has 1 aromatic heterocycles. The molecule has 1 unspecified atom stereocenters. The lowest BCUT2D eigenvalue weighted by molar-refractivity contribution is -0.129. The molecular weight excluding hydrogens is 284 g/mol. The maximum Gasteiger partial charge on any atom is 0.253 e. The van der Waals surface area contributed by atoms with Gasteiger partial charge in [-0.3, -0.25) is 4.79 Å². The minimum absolute atomic E-state index is 0.180.